The van der Waals surface area contributed by atoms with Gasteiger partial charge in [-0.1, -0.05) is 6.07 Å². The molecule has 19 heavy (non-hydrogen) atoms. The average molecular weight is 270 g/mol. The van der Waals surface area contributed by atoms with Gasteiger partial charge in [-0.05, 0) is 47.7 Å². The van der Waals surface area contributed by atoms with Gasteiger partial charge >= 0.3 is 0 Å². The number of thiophene rings is 1. The third-order valence-electron chi connectivity index (χ3n) is 3.02. The molecular formula is C15H14N2OS. The van der Waals surface area contributed by atoms with E-state index in [1.54, 1.807) is 17.4 Å². The molecule has 2 aromatic rings. The van der Waals surface area contributed by atoms with E-state index in [2.05, 4.69) is 10.6 Å². The first kappa shape index (κ1) is 12.0. The molecular weight excluding hydrogens is 256 g/mol. The van der Waals surface area contributed by atoms with Crippen LogP contribution in [0.5, 0.6) is 0 Å². The quantitative estimate of drug-likeness (QED) is 0.840. The van der Waals surface area contributed by atoms with Crippen molar-refractivity contribution < 1.29 is 4.79 Å². The highest BCUT2D eigenvalue weighted by Crippen LogP contribution is 2.25. The lowest BCUT2D eigenvalue weighted by atomic mass is 10.1. The van der Waals surface area contributed by atoms with Crippen LogP contribution in [0.4, 0.5) is 11.4 Å². The van der Waals surface area contributed by atoms with Gasteiger partial charge in [-0.3, -0.25) is 4.79 Å². The largest absolute Gasteiger partial charge is 0.384 e. The van der Waals surface area contributed by atoms with Crippen molar-refractivity contribution in [3.8, 4) is 0 Å². The highest BCUT2D eigenvalue weighted by atomic mass is 32.1. The van der Waals surface area contributed by atoms with Gasteiger partial charge in [-0.15, -0.1) is 11.3 Å². The Morgan fingerprint density at radius 2 is 2.32 bits per heavy atom. The van der Waals surface area contributed by atoms with Crippen molar-refractivity contribution in [2.45, 2.75) is 6.42 Å². The Morgan fingerprint density at radius 1 is 1.37 bits per heavy atom. The Balaban J connectivity index is 1.66. The van der Waals surface area contributed by atoms with E-state index < -0.39 is 0 Å². The number of amides is 1. The maximum absolute atomic E-state index is 11.8. The fourth-order valence-electron chi connectivity index (χ4n) is 2.11. The Hall–Kier alpha value is -2.07. The lowest BCUT2D eigenvalue weighted by Crippen LogP contribution is -2.07. The van der Waals surface area contributed by atoms with Crippen LogP contribution in [0.25, 0.3) is 6.08 Å². The number of carbonyl (C=O) groups excluding carboxylic acids is 1. The van der Waals surface area contributed by atoms with E-state index in [4.69, 9.17) is 0 Å². The third kappa shape index (κ3) is 2.85. The average Bonchev–Trinajstić information content (AvgIpc) is 3.07. The van der Waals surface area contributed by atoms with Gasteiger partial charge < -0.3 is 10.6 Å². The Labute approximate surface area is 116 Å². The molecule has 0 bridgehead atoms. The lowest BCUT2D eigenvalue weighted by Gasteiger charge is -2.05. The highest BCUT2D eigenvalue weighted by Gasteiger charge is 2.10. The van der Waals surface area contributed by atoms with E-state index in [1.165, 1.54) is 11.3 Å². The number of hydrogen-bond donors (Lipinski definition) is 2. The molecule has 2 heterocycles. The minimum atomic E-state index is -0.0979. The van der Waals surface area contributed by atoms with Crippen LogP contribution in [0, 0.1) is 0 Å². The molecule has 3 rings (SSSR count). The molecule has 1 aliphatic heterocycles. The number of carbonyl (C=O) groups is 1. The maximum Gasteiger partial charge on any atom is 0.248 e. The van der Waals surface area contributed by atoms with Crippen molar-refractivity contribution in [1.29, 1.82) is 0 Å². The van der Waals surface area contributed by atoms with Gasteiger partial charge in [0.25, 0.3) is 0 Å². The second kappa shape index (κ2) is 5.28. The molecule has 0 spiro atoms. The topological polar surface area (TPSA) is 41.1 Å². The first-order chi connectivity index (χ1) is 9.31. The first-order valence-electron chi connectivity index (χ1n) is 6.21. The molecule has 3 nitrogen and oxygen atoms in total. The molecule has 1 aromatic heterocycles. The van der Waals surface area contributed by atoms with Crippen LogP contribution in [-0.2, 0) is 11.2 Å². The number of hydrogen-bond acceptors (Lipinski definition) is 3. The van der Waals surface area contributed by atoms with Gasteiger partial charge in [-0.25, -0.2) is 0 Å². The second-order valence-corrected chi connectivity index (χ2v) is 5.37. The third-order valence-corrected chi connectivity index (χ3v) is 3.86. The smallest absolute Gasteiger partial charge is 0.248 e. The van der Waals surface area contributed by atoms with Crippen LogP contribution >= 0.6 is 11.3 Å². The summed E-state index contributed by atoms with van der Waals surface area (Å²) in [6, 6.07) is 9.92. The molecule has 0 radical (unpaired) electrons. The summed E-state index contributed by atoms with van der Waals surface area (Å²) in [7, 11) is 0. The molecule has 0 unspecified atom stereocenters. The SMILES string of the molecule is O=C(C=Cc1cccs1)Nc1ccc2c(c1)CCN2. The molecule has 1 aromatic carbocycles. The van der Waals surface area contributed by atoms with Gasteiger partial charge in [0.2, 0.25) is 5.91 Å². The molecule has 0 aliphatic carbocycles. The maximum atomic E-state index is 11.8. The standard InChI is InChI=1S/C15H14N2OS/c18-15(6-4-13-2-1-9-19-13)17-12-3-5-14-11(10-12)7-8-16-14/h1-6,9-10,16H,7-8H2,(H,17,18). The summed E-state index contributed by atoms with van der Waals surface area (Å²) in [6.45, 7) is 0.977. The fraction of sp³-hybridized carbons (Fsp3) is 0.133. The summed E-state index contributed by atoms with van der Waals surface area (Å²) in [5.41, 5.74) is 3.29. The van der Waals surface area contributed by atoms with Crippen LogP contribution in [0.15, 0.2) is 41.8 Å². The summed E-state index contributed by atoms with van der Waals surface area (Å²) in [4.78, 5) is 12.9. The number of anilines is 2. The van der Waals surface area contributed by atoms with E-state index in [0.29, 0.717) is 0 Å². The van der Waals surface area contributed by atoms with Gasteiger partial charge in [0.15, 0.2) is 0 Å². The van der Waals surface area contributed by atoms with E-state index in [-0.39, 0.29) is 5.91 Å². The van der Waals surface area contributed by atoms with Crippen molar-refractivity contribution in [2.24, 2.45) is 0 Å². The first-order valence-corrected chi connectivity index (χ1v) is 7.08. The Bertz CT molecular complexity index is 617. The van der Waals surface area contributed by atoms with Crippen molar-refractivity contribution in [3.05, 3.63) is 52.2 Å². The Kier molecular flexibility index (Phi) is 3.33. The fourth-order valence-corrected chi connectivity index (χ4v) is 2.73. The van der Waals surface area contributed by atoms with Gasteiger partial charge in [-0.2, -0.15) is 0 Å². The van der Waals surface area contributed by atoms with E-state index >= 15 is 0 Å². The number of fused-ring (bicyclic) bond motifs is 1. The van der Waals surface area contributed by atoms with E-state index in [0.717, 1.165) is 23.5 Å². The predicted molar refractivity (Wildman–Crippen MR) is 80.6 cm³/mol. The van der Waals surface area contributed by atoms with Crippen LogP contribution in [-0.4, -0.2) is 12.5 Å². The van der Waals surface area contributed by atoms with Crippen molar-refractivity contribution >= 4 is 34.7 Å². The molecule has 4 heteroatoms. The monoisotopic (exact) mass is 270 g/mol. The minimum absolute atomic E-state index is 0.0979. The van der Waals surface area contributed by atoms with Gasteiger partial charge in [0.1, 0.15) is 0 Å². The van der Waals surface area contributed by atoms with Gasteiger partial charge in [0.05, 0.1) is 0 Å². The summed E-state index contributed by atoms with van der Waals surface area (Å²) in [6.07, 6.45) is 4.41. The zero-order valence-corrected chi connectivity index (χ0v) is 11.2. The molecule has 0 saturated carbocycles. The summed E-state index contributed by atoms with van der Waals surface area (Å²) in [5.74, 6) is -0.0979. The van der Waals surface area contributed by atoms with Crippen molar-refractivity contribution in [2.75, 3.05) is 17.2 Å². The number of nitrogens with one attached hydrogen (secondary N) is 2. The molecule has 0 saturated heterocycles. The summed E-state index contributed by atoms with van der Waals surface area (Å²) >= 11 is 1.61. The molecule has 96 valence electrons. The highest BCUT2D eigenvalue weighted by molar-refractivity contribution is 7.10. The van der Waals surface area contributed by atoms with Crippen molar-refractivity contribution in [1.82, 2.24) is 0 Å². The van der Waals surface area contributed by atoms with Gasteiger partial charge in [0, 0.05) is 28.9 Å². The zero-order valence-electron chi connectivity index (χ0n) is 10.3. The molecule has 2 N–H and O–H groups in total. The molecule has 1 aliphatic rings. The minimum Gasteiger partial charge on any atom is -0.384 e. The zero-order chi connectivity index (χ0) is 13.1. The van der Waals surface area contributed by atoms with Crippen LogP contribution in [0.3, 0.4) is 0 Å². The Morgan fingerprint density at radius 3 is 3.16 bits per heavy atom. The molecule has 0 fully saturated rings. The summed E-state index contributed by atoms with van der Waals surface area (Å²) < 4.78 is 0. The van der Waals surface area contributed by atoms with E-state index in [9.17, 15) is 4.79 Å². The number of benzene rings is 1. The number of rotatable bonds is 3. The molecule has 0 atom stereocenters. The predicted octanol–water partition coefficient (Wildman–Crippen LogP) is 3.37. The second-order valence-electron chi connectivity index (χ2n) is 4.39. The lowest BCUT2D eigenvalue weighted by molar-refractivity contribution is -0.111. The molecule has 1 amide bonds. The van der Waals surface area contributed by atoms with E-state index in [1.807, 2.05) is 41.8 Å². The summed E-state index contributed by atoms with van der Waals surface area (Å²) in [5, 5.41) is 8.18. The van der Waals surface area contributed by atoms with Crippen LogP contribution < -0.4 is 10.6 Å². The van der Waals surface area contributed by atoms with Crippen molar-refractivity contribution in [3.63, 3.8) is 0 Å². The normalized spacial score (nSPS) is 13.3. The van der Waals surface area contributed by atoms with Crippen LogP contribution in [0.2, 0.25) is 0 Å². The van der Waals surface area contributed by atoms with Crippen LogP contribution in [0.1, 0.15) is 10.4 Å².